The van der Waals surface area contributed by atoms with E-state index in [-0.39, 0.29) is 11.7 Å². The zero-order valence-electron chi connectivity index (χ0n) is 14.1. The number of amides is 1. The van der Waals surface area contributed by atoms with Crippen LogP contribution in [0, 0.1) is 0 Å². The third kappa shape index (κ3) is 2.41. The lowest BCUT2D eigenvalue weighted by Gasteiger charge is -2.12. The fraction of sp³-hybridized carbons (Fsp3) is 0.0476. The first kappa shape index (κ1) is 15.9. The standard InChI is InChI=1S/C21H16N2O3/c1-26-12-9-10-18(17(22)11-12)23-21(25)16-8-4-7-15-19(16)13-5-2-3-6-14(13)20(15)24/h2-11H,22H2,1H3,(H,23,25). The van der Waals surface area contributed by atoms with Gasteiger partial charge >= 0.3 is 0 Å². The van der Waals surface area contributed by atoms with Crippen LogP contribution in [0.3, 0.4) is 0 Å². The molecule has 3 aromatic carbocycles. The Kier molecular flexibility index (Phi) is 3.69. The Morgan fingerprint density at radius 2 is 1.69 bits per heavy atom. The summed E-state index contributed by atoms with van der Waals surface area (Å²) < 4.78 is 5.12. The number of benzene rings is 3. The average Bonchev–Trinajstić information content (AvgIpc) is 2.96. The smallest absolute Gasteiger partial charge is 0.256 e. The first-order valence-corrected chi connectivity index (χ1v) is 8.12. The summed E-state index contributed by atoms with van der Waals surface area (Å²) in [6.07, 6.45) is 0. The highest BCUT2D eigenvalue weighted by atomic mass is 16.5. The van der Waals surface area contributed by atoms with Gasteiger partial charge in [-0.1, -0.05) is 36.4 Å². The van der Waals surface area contributed by atoms with Crippen molar-refractivity contribution in [2.75, 3.05) is 18.2 Å². The summed E-state index contributed by atoms with van der Waals surface area (Å²) in [6.45, 7) is 0. The Balaban J connectivity index is 1.75. The summed E-state index contributed by atoms with van der Waals surface area (Å²) in [5, 5.41) is 2.82. The molecule has 0 saturated heterocycles. The molecule has 3 N–H and O–H groups in total. The van der Waals surface area contributed by atoms with E-state index >= 15 is 0 Å². The maximum absolute atomic E-state index is 12.9. The van der Waals surface area contributed by atoms with Gasteiger partial charge in [-0.3, -0.25) is 9.59 Å². The molecule has 0 saturated carbocycles. The molecule has 1 aliphatic rings. The second kappa shape index (κ2) is 6.04. The number of methoxy groups -OCH3 is 1. The molecule has 0 spiro atoms. The van der Waals surface area contributed by atoms with Crippen LogP contribution in [-0.2, 0) is 0 Å². The van der Waals surface area contributed by atoms with Crippen LogP contribution < -0.4 is 15.8 Å². The fourth-order valence-corrected chi connectivity index (χ4v) is 3.24. The molecular formula is C21H16N2O3. The van der Waals surface area contributed by atoms with E-state index < -0.39 is 0 Å². The van der Waals surface area contributed by atoms with E-state index in [2.05, 4.69) is 5.32 Å². The van der Waals surface area contributed by atoms with Crippen molar-refractivity contribution in [3.63, 3.8) is 0 Å². The van der Waals surface area contributed by atoms with Crippen molar-refractivity contribution in [2.45, 2.75) is 0 Å². The maximum atomic E-state index is 12.9. The summed E-state index contributed by atoms with van der Waals surface area (Å²) >= 11 is 0. The Morgan fingerprint density at radius 3 is 2.42 bits per heavy atom. The number of rotatable bonds is 3. The third-order valence-corrected chi connectivity index (χ3v) is 4.50. The number of fused-ring (bicyclic) bond motifs is 3. The van der Waals surface area contributed by atoms with Crippen molar-refractivity contribution in [3.05, 3.63) is 77.4 Å². The van der Waals surface area contributed by atoms with Crippen molar-refractivity contribution in [3.8, 4) is 16.9 Å². The lowest BCUT2D eigenvalue weighted by molar-refractivity contribution is 0.102. The van der Waals surface area contributed by atoms with Crippen molar-refractivity contribution in [1.29, 1.82) is 0 Å². The van der Waals surface area contributed by atoms with E-state index in [0.717, 1.165) is 5.56 Å². The summed E-state index contributed by atoms with van der Waals surface area (Å²) in [5.74, 6) is 0.234. The van der Waals surface area contributed by atoms with Crippen LogP contribution >= 0.6 is 0 Å². The highest BCUT2D eigenvalue weighted by molar-refractivity contribution is 6.25. The minimum Gasteiger partial charge on any atom is -0.497 e. The van der Waals surface area contributed by atoms with Crippen LogP contribution in [-0.4, -0.2) is 18.8 Å². The molecule has 0 radical (unpaired) electrons. The summed E-state index contributed by atoms with van der Waals surface area (Å²) in [7, 11) is 1.55. The molecule has 4 rings (SSSR count). The molecule has 0 bridgehead atoms. The number of carbonyl (C=O) groups is 2. The van der Waals surface area contributed by atoms with Gasteiger partial charge < -0.3 is 15.8 Å². The minimum atomic E-state index is -0.316. The van der Waals surface area contributed by atoms with Crippen molar-refractivity contribution >= 4 is 23.1 Å². The van der Waals surface area contributed by atoms with Gasteiger partial charge in [-0.25, -0.2) is 0 Å². The Hall–Kier alpha value is -3.60. The first-order chi connectivity index (χ1) is 12.6. The second-order valence-corrected chi connectivity index (χ2v) is 6.01. The Labute approximate surface area is 150 Å². The predicted octanol–water partition coefficient (Wildman–Crippen LogP) is 3.74. The van der Waals surface area contributed by atoms with Gasteiger partial charge in [-0.2, -0.15) is 0 Å². The normalized spacial score (nSPS) is 11.7. The van der Waals surface area contributed by atoms with Crippen molar-refractivity contribution in [1.82, 2.24) is 0 Å². The Morgan fingerprint density at radius 1 is 0.962 bits per heavy atom. The van der Waals surface area contributed by atoms with Crippen LogP contribution in [0.1, 0.15) is 26.3 Å². The summed E-state index contributed by atoms with van der Waals surface area (Å²) in [6, 6.07) is 17.5. The van der Waals surface area contributed by atoms with Crippen LogP contribution in [0.4, 0.5) is 11.4 Å². The molecule has 0 aromatic heterocycles. The molecule has 5 heteroatoms. The molecule has 5 nitrogen and oxygen atoms in total. The van der Waals surface area contributed by atoms with Gasteiger partial charge in [0.2, 0.25) is 0 Å². The first-order valence-electron chi connectivity index (χ1n) is 8.12. The van der Waals surface area contributed by atoms with Crippen LogP contribution in [0.15, 0.2) is 60.7 Å². The van der Waals surface area contributed by atoms with E-state index in [1.54, 1.807) is 49.6 Å². The number of nitrogens with one attached hydrogen (secondary N) is 1. The van der Waals surface area contributed by atoms with Crippen molar-refractivity contribution < 1.29 is 14.3 Å². The molecule has 3 aromatic rings. The monoisotopic (exact) mass is 344 g/mol. The number of nitrogen functional groups attached to an aromatic ring is 1. The van der Waals surface area contributed by atoms with Gasteiger partial charge in [0.05, 0.1) is 18.5 Å². The van der Waals surface area contributed by atoms with Gasteiger partial charge in [0.25, 0.3) is 5.91 Å². The molecule has 0 heterocycles. The van der Waals surface area contributed by atoms with Gasteiger partial charge in [0, 0.05) is 28.3 Å². The molecule has 0 unspecified atom stereocenters. The molecule has 1 amide bonds. The largest absolute Gasteiger partial charge is 0.497 e. The van der Waals surface area contributed by atoms with E-state index in [0.29, 0.717) is 39.4 Å². The number of nitrogens with two attached hydrogens (primary N) is 1. The predicted molar refractivity (Wildman–Crippen MR) is 101 cm³/mol. The van der Waals surface area contributed by atoms with Crippen LogP contribution in [0.25, 0.3) is 11.1 Å². The molecule has 128 valence electrons. The number of hydrogen-bond donors (Lipinski definition) is 2. The van der Waals surface area contributed by atoms with Crippen LogP contribution in [0.5, 0.6) is 5.75 Å². The highest BCUT2D eigenvalue weighted by Gasteiger charge is 2.30. The van der Waals surface area contributed by atoms with E-state index in [1.165, 1.54) is 0 Å². The summed E-state index contributed by atoms with van der Waals surface area (Å²) in [4.78, 5) is 25.5. The topological polar surface area (TPSA) is 81.4 Å². The maximum Gasteiger partial charge on any atom is 0.256 e. The number of ketones is 1. The molecule has 0 atom stereocenters. The van der Waals surface area contributed by atoms with Gasteiger partial charge in [-0.05, 0) is 23.8 Å². The minimum absolute atomic E-state index is 0.0609. The highest BCUT2D eigenvalue weighted by Crippen LogP contribution is 2.39. The zero-order valence-corrected chi connectivity index (χ0v) is 14.1. The van der Waals surface area contributed by atoms with E-state index in [9.17, 15) is 9.59 Å². The quantitative estimate of drug-likeness (QED) is 0.555. The van der Waals surface area contributed by atoms with E-state index in [1.807, 2.05) is 18.2 Å². The van der Waals surface area contributed by atoms with Gasteiger partial charge in [-0.15, -0.1) is 0 Å². The number of ether oxygens (including phenoxy) is 1. The molecular weight excluding hydrogens is 328 g/mol. The summed E-state index contributed by atoms with van der Waals surface area (Å²) in [5.41, 5.74) is 9.93. The number of carbonyl (C=O) groups excluding carboxylic acids is 2. The van der Waals surface area contributed by atoms with Crippen LogP contribution in [0.2, 0.25) is 0 Å². The fourth-order valence-electron chi connectivity index (χ4n) is 3.24. The van der Waals surface area contributed by atoms with Gasteiger partial charge in [0.15, 0.2) is 5.78 Å². The molecule has 0 aliphatic heterocycles. The zero-order chi connectivity index (χ0) is 18.3. The lowest BCUT2D eigenvalue weighted by Crippen LogP contribution is -2.14. The SMILES string of the molecule is COc1ccc(NC(=O)c2cccc3c2-c2ccccc2C3=O)c(N)c1. The Bertz CT molecular complexity index is 1060. The number of hydrogen-bond acceptors (Lipinski definition) is 4. The molecule has 0 fully saturated rings. The average molecular weight is 344 g/mol. The number of anilines is 2. The van der Waals surface area contributed by atoms with Gasteiger partial charge in [0.1, 0.15) is 5.75 Å². The van der Waals surface area contributed by atoms with Crippen molar-refractivity contribution in [2.24, 2.45) is 0 Å². The molecule has 26 heavy (non-hydrogen) atoms. The second-order valence-electron chi connectivity index (χ2n) is 6.01. The molecule has 1 aliphatic carbocycles. The third-order valence-electron chi connectivity index (χ3n) is 4.50. The lowest BCUT2D eigenvalue weighted by atomic mass is 9.99. The van der Waals surface area contributed by atoms with E-state index in [4.69, 9.17) is 10.5 Å².